The second-order valence-corrected chi connectivity index (χ2v) is 7.82. The Hall–Kier alpha value is -2.51. The van der Waals surface area contributed by atoms with Crippen molar-refractivity contribution in [2.24, 2.45) is 0 Å². The van der Waals surface area contributed by atoms with Crippen LogP contribution in [0.2, 0.25) is 0 Å². The maximum absolute atomic E-state index is 14.2. The number of nitriles is 1. The third-order valence-electron chi connectivity index (χ3n) is 4.27. The zero-order valence-corrected chi connectivity index (χ0v) is 15.0. The van der Waals surface area contributed by atoms with Crippen LogP contribution in [0.25, 0.3) is 0 Å². The van der Waals surface area contributed by atoms with E-state index < -0.39 is 21.7 Å². The van der Waals surface area contributed by atoms with Crippen LogP contribution in [0.15, 0.2) is 21.6 Å². The predicted molar refractivity (Wildman–Crippen MR) is 88.0 cm³/mol. The molecule has 0 atom stereocenters. The molecule has 7 nitrogen and oxygen atoms in total. The molecular formula is C16H16F2N4O3S. The maximum atomic E-state index is 14.2. The first kappa shape index (κ1) is 18.3. The Morgan fingerprint density at radius 1 is 1.15 bits per heavy atom. The standard InChI is InChI=1S/C16H16F2N4O3S/c1-10-16(11(2)25-20-10)26(23,24)22-5-3-21(4-6-22)15-13(17)7-12(9-19)8-14(15)18/h7-8H,3-6H2,1-2H3. The highest BCUT2D eigenvalue weighted by atomic mass is 32.2. The van der Waals surface area contributed by atoms with Gasteiger partial charge in [-0.05, 0) is 26.0 Å². The third kappa shape index (κ3) is 3.04. The van der Waals surface area contributed by atoms with Gasteiger partial charge in [-0.15, -0.1) is 0 Å². The molecule has 0 N–H and O–H groups in total. The van der Waals surface area contributed by atoms with E-state index in [0.717, 1.165) is 12.1 Å². The molecule has 1 aliphatic heterocycles. The number of piperazine rings is 1. The highest BCUT2D eigenvalue weighted by Gasteiger charge is 2.34. The maximum Gasteiger partial charge on any atom is 0.248 e. The zero-order chi connectivity index (χ0) is 19.1. The molecule has 138 valence electrons. The number of hydrogen-bond acceptors (Lipinski definition) is 6. The number of rotatable bonds is 3. The smallest absolute Gasteiger partial charge is 0.248 e. The van der Waals surface area contributed by atoms with Crippen molar-refractivity contribution < 1.29 is 21.7 Å². The van der Waals surface area contributed by atoms with Gasteiger partial charge in [-0.3, -0.25) is 0 Å². The molecular weight excluding hydrogens is 366 g/mol. The molecule has 2 aromatic rings. The van der Waals surface area contributed by atoms with Crippen LogP contribution in [-0.2, 0) is 10.0 Å². The molecule has 1 saturated heterocycles. The van der Waals surface area contributed by atoms with E-state index in [1.807, 2.05) is 0 Å². The summed E-state index contributed by atoms with van der Waals surface area (Å²) in [6.45, 7) is 3.41. The molecule has 1 aromatic heterocycles. The van der Waals surface area contributed by atoms with Gasteiger partial charge in [0.05, 0.1) is 11.6 Å². The number of halogens is 2. The van der Waals surface area contributed by atoms with E-state index in [1.54, 1.807) is 13.0 Å². The van der Waals surface area contributed by atoms with Crippen molar-refractivity contribution in [3.8, 4) is 6.07 Å². The van der Waals surface area contributed by atoms with Crippen LogP contribution in [-0.4, -0.2) is 44.1 Å². The molecule has 0 bridgehead atoms. The molecule has 2 heterocycles. The van der Waals surface area contributed by atoms with E-state index >= 15 is 0 Å². The summed E-state index contributed by atoms with van der Waals surface area (Å²) in [6, 6.07) is 3.62. The fourth-order valence-electron chi connectivity index (χ4n) is 3.06. The molecule has 0 amide bonds. The monoisotopic (exact) mass is 382 g/mol. The fourth-order valence-corrected chi connectivity index (χ4v) is 4.77. The zero-order valence-electron chi connectivity index (χ0n) is 14.2. The van der Waals surface area contributed by atoms with Gasteiger partial charge in [0.1, 0.15) is 16.3 Å². The van der Waals surface area contributed by atoms with Crippen molar-refractivity contribution in [3.05, 3.63) is 40.8 Å². The summed E-state index contributed by atoms with van der Waals surface area (Å²) in [7, 11) is -3.80. The second kappa shape index (κ2) is 6.66. The summed E-state index contributed by atoms with van der Waals surface area (Å²) in [5.74, 6) is -1.48. The van der Waals surface area contributed by atoms with Crippen LogP contribution >= 0.6 is 0 Å². The van der Waals surface area contributed by atoms with Crippen LogP contribution in [0, 0.1) is 36.8 Å². The van der Waals surface area contributed by atoms with Crippen LogP contribution in [0.4, 0.5) is 14.5 Å². The predicted octanol–water partition coefficient (Wildman–Crippen LogP) is 1.95. The van der Waals surface area contributed by atoms with Crippen LogP contribution in [0.1, 0.15) is 17.0 Å². The first-order valence-corrected chi connectivity index (χ1v) is 9.27. The average molecular weight is 382 g/mol. The second-order valence-electron chi connectivity index (χ2n) is 5.94. The van der Waals surface area contributed by atoms with E-state index in [0.29, 0.717) is 0 Å². The van der Waals surface area contributed by atoms with Crippen molar-refractivity contribution in [2.45, 2.75) is 18.7 Å². The van der Waals surface area contributed by atoms with E-state index in [4.69, 9.17) is 9.78 Å². The number of aryl methyl sites for hydroxylation is 2. The summed E-state index contributed by atoms with van der Waals surface area (Å²) < 4.78 is 60.0. The fraction of sp³-hybridized carbons (Fsp3) is 0.375. The molecule has 0 radical (unpaired) electrons. The largest absolute Gasteiger partial charge is 0.364 e. The van der Waals surface area contributed by atoms with Crippen molar-refractivity contribution >= 4 is 15.7 Å². The first-order chi connectivity index (χ1) is 12.3. The van der Waals surface area contributed by atoms with Gasteiger partial charge in [0.2, 0.25) is 10.0 Å². The van der Waals surface area contributed by atoms with E-state index in [1.165, 1.54) is 16.1 Å². The topological polar surface area (TPSA) is 90.4 Å². The van der Waals surface area contributed by atoms with Gasteiger partial charge < -0.3 is 9.42 Å². The Bertz CT molecular complexity index is 947. The average Bonchev–Trinajstić information content (AvgIpc) is 2.94. The quantitative estimate of drug-likeness (QED) is 0.806. The summed E-state index contributed by atoms with van der Waals surface area (Å²) >= 11 is 0. The van der Waals surface area contributed by atoms with Gasteiger partial charge in [-0.25, -0.2) is 17.2 Å². The van der Waals surface area contributed by atoms with Gasteiger partial charge in [0.15, 0.2) is 17.4 Å². The van der Waals surface area contributed by atoms with Gasteiger partial charge in [0.25, 0.3) is 0 Å². The normalized spacial score (nSPS) is 15.9. The summed E-state index contributed by atoms with van der Waals surface area (Å²) in [6.07, 6.45) is 0. The number of nitrogens with zero attached hydrogens (tertiary/aromatic N) is 4. The molecule has 1 aliphatic rings. The number of sulfonamides is 1. The van der Waals surface area contributed by atoms with E-state index in [2.05, 4.69) is 5.16 Å². The van der Waals surface area contributed by atoms with Crippen molar-refractivity contribution in [2.75, 3.05) is 31.1 Å². The van der Waals surface area contributed by atoms with Crippen LogP contribution < -0.4 is 4.90 Å². The van der Waals surface area contributed by atoms with Gasteiger partial charge >= 0.3 is 0 Å². The Balaban J connectivity index is 1.81. The molecule has 1 aromatic carbocycles. The SMILES string of the molecule is Cc1noc(C)c1S(=O)(=O)N1CCN(c2c(F)cc(C#N)cc2F)CC1. The summed E-state index contributed by atoms with van der Waals surface area (Å²) in [5.41, 5.74) is -0.0872. The Labute approximate surface area is 149 Å². The lowest BCUT2D eigenvalue weighted by Crippen LogP contribution is -2.49. The molecule has 10 heteroatoms. The lowest BCUT2D eigenvalue weighted by atomic mass is 10.1. The van der Waals surface area contributed by atoms with Crippen molar-refractivity contribution in [3.63, 3.8) is 0 Å². The Kier molecular flexibility index (Phi) is 4.68. The number of anilines is 1. The lowest BCUT2D eigenvalue weighted by molar-refractivity contribution is 0.376. The van der Waals surface area contributed by atoms with Crippen LogP contribution in [0.5, 0.6) is 0 Å². The van der Waals surface area contributed by atoms with Crippen molar-refractivity contribution in [1.29, 1.82) is 5.26 Å². The number of benzene rings is 1. The van der Waals surface area contributed by atoms with E-state index in [-0.39, 0.29) is 53.8 Å². The van der Waals surface area contributed by atoms with E-state index in [9.17, 15) is 17.2 Å². The molecule has 3 rings (SSSR count). The molecule has 0 unspecified atom stereocenters. The summed E-state index contributed by atoms with van der Waals surface area (Å²) in [4.78, 5) is 1.47. The molecule has 26 heavy (non-hydrogen) atoms. The minimum atomic E-state index is -3.80. The van der Waals surface area contributed by atoms with Crippen molar-refractivity contribution in [1.82, 2.24) is 9.46 Å². The summed E-state index contributed by atoms with van der Waals surface area (Å²) in [5, 5.41) is 12.4. The highest BCUT2D eigenvalue weighted by molar-refractivity contribution is 7.89. The minimum absolute atomic E-state index is 0.0293. The van der Waals surface area contributed by atoms with Gasteiger partial charge in [0, 0.05) is 26.2 Å². The van der Waals surface area contributed by atoms with Gasteiger partial charge in [-0.1, -0.05) is 5.16 Å². The lowest BCUT2D eigenvalue weighted by Gasteiger charge is -2.35. The minimum Gasteiger partial charge on any atom is -0.364 e. The van der Waals surface area contributed by atoms with Gasteiger partial charge in [-0.2, -0.15) is 9.57 Å². The molecule has 1 fully saturated rings. The number of aromatic nitrogens is 1. The molecule has 0 spiro atoms. The van der Waals surface area contributed by atoms with Crippen LogP contribution in [0.3, 0.4) is 0 Å². The first-order valence-electron chi connectivity index (χ1n) is 7.83. The number of hydrogen-bond donors (Lipinski definition) is 0. The molecule has 0 aliphatic carbocycles. The Morgan fingerprint density at radius 3 is 2.19 bits per heavy atom. The third-order valence-corrected chi connectivity index (χ3v) is 6.41. The Morgan fingerprint density at radius 2 is 1.73 bits per heavy atom. The molecule has 0 saturated carbocycles. The highest BCUT2D eigenvalue weighted by Crippen LogP contribution is 2.28.